The molecule has 0 saturated carbocycles. The Labute approximate surface area is 156 Å². The molecule has 2 aliphatic heterocycles. The van der Waals surface area contributed by atoms with Gasteiger partial charge >= 0.3 is 0 Å². The summed E-state index contributed by atoms with van der Waals surface area (Å²) < 4.78 is 5.28. The van der Waals surface area contributed by atoms with E-state index in [2.05, 4.69) is 16.0 Å². The molecule has 1 aromatic heterocycles. The fourth-order valence-electron chi connectivity index (χ4n) is 3.24. The first kappa shape index (κ1) is 18.8. The standard InChI is InChI=1S/C17H24N4O4S/c1-11(22)19-14-10-12(2-4-18-14)15(23)20-16-13(3-9-26-16)17(24)21-5-7-25-8-6-21/h3,9,12,14,18H,2,4-8,10H2,1H3,(H,19,22)(H,20,23). The van der Waals surface area contributed by atoms with Crippen LogP contribution in [-0.4, -0.2) is 61.6 Å². The van der Waals surface area contributed by atoms with Gasteiger partial charge in [-0.15, -0.1) is 11.3 Å². The topological polar surface area (TPSA) is 99.8 Å². The molecule has 0 bridgehead atoms. The van der Waals surface area contributed by atoms with E-state index in [4.69, 9.17) is 4.74 Å². The maximum absolute atomic E-state index is 12.7. The van der Waals surface area contributed by atoms with Crippen molar-refractivity contribution in [3.05, 3.63) is 17.0 Å². The van der Waals surface area contributed by atoms with Gasteiger partial charge in [0.05, 0.1) is 24.9 Å². The van der Waals surface area contributed by atoms with Gasteiger partial charge in [-0.3, -0.25) is 19.7 Å². The van der Waals surface area contributed by atoms with Crippen LogP contribution in [-0.2, 0) is 14.3 Å². The van der Waals surface area contributed by atoms with Crippen molar-refractivity contribution in [3.63, 3.8) is 0 Å². The molecule has 3 amide bonds. The second-order valence-electron chi connectivity index (χ2n) is 6.49. The highest BCUT2D eigenvalue weighted by Crippen LogP contribution is 2.27. The summed E-state index contributed by atoms with van der Waals surface area (Å²) in [5.41, 5.74) is 0.526. The van der Waals surface area contributed by atoms with Crippen LogP contribution < -0.4 is 16.0 Å². The van der Waals surface area contributed by atoms with Gasteiger partial charge in [-0.1, -0.05) is 0 Å². The largest absolute Gasteiger partial charge is 0.378 e. The molecule has 9 heteroatoms. The van der Waals surface area contributed by atoms with Crippen LogP contribution in [0.1, 0.15) is 30.1 Å². The van der Waals surface area contributed by atoms with E-state index in [0.717, 1.165) is 0 Å². The van der Waals surface area contributed by atoms with E-state index in [9.17, 15) is 14.4 Å². The van der Waals surface area contributed by atoms with Crippen molar-refractivity contribution in [3.8, 4) is 0 Å². The van der Waals surface area contributed by atoms with Gasteiger partial charge in [-0.25, -0.2) is 0 Å². The van der Waals surface area contributed by atoms with E-state index in [-0.39, 0.29) is 29.8 Å². The van der Waals surface area contributed by atoms with Gasteiger partial charge < -0.3 is 20.3 Å². The summed E-state index contributed by atoms with van der Waals surface area (Å²) >= 11 is 1.35. The molecule has 8 nitrogen and oxygen atoms in total. The molecular formula is C17H24N4O4S. The lowest BCUT2D eigenvalue weighted by Gasteiger charge is -2.30. The molecule has 2 saturated heterocycles. The van der Waals surface area contributed by atoms with Crippen LogP contribution >= 0.6 is 11.3 Å². The minimum absolute atomic E-state index is 0.0775. The fraction of sp³-hybridized carbons (Fsp3) is 0.588. The Hall–Kier alpha value is -1.97. The smallest absolute Gasteiger partial charge is 0.257 e. The highest BCUT2D eigenvalue weighted by Gasteiger charge is 2.29. The average molecular weight is 380 g/mol. The number of carbonyl (C=O) groups is 3. The zero-order chi connectivity index (χ0) is 18.5. The molecule has 142 valence electrons. The van der Waals surface area contributed by atoms with Gasteiger partial charge in [0, 0.05) is 25.9 Å². The van der Waals surface area contributed by atoms with Gasteiger partial charge in [-0.05, 0) is 30.8 Å². The second kappa shape index (κ2) is 8.61. The minimum atomic E-state index is -0.207. The quantitative estimate of drug-likeness (QED) is 0.711. The molecule has 0 spiro atoms. The van der Waals surface area contributed by atoms with Crippen LogP contribution in [0.5, 0.6) is 0 Å². The lowest BCUT2D eigenvalue weighted by atomic mass is 9.95. The number of nitrogens with one attached hydrogen (secondary N) is 3. The molecule has 2 aliphatic rings. The number of rotatable bonds is 4. The van der Waals surface area contributed by atoms with Crippen molar-refractivity contribution < 1.29 is 19.1 Å². The molecule has 0 aliphatic carbocycles. The van der Waals surface area contributed by atoms with Crippen LogP contribution in [0.3, 0.4) is 0 Å². The molecular weight excluding hydrogens is 356 g/mol. The van der Waals surface area contributed by atoms with Crippen molar-refractivity contribution in [2.45, 2.75) is 25.9 Å². The van der Waals surface area contributed by atoms with Crippen molar-refractivity contribution in [1.29, 1.82) is 0 Å². The monoisotopic (exact) mass is 380 g/mol. The molecule has 2 atom stereocenters. The van der Waals surface area contributed by atoms with E-state index < -0.39 is 0 Å². The summed E-state index contributed by atoms with van der Waals surface area (Å²) in [6.07, 6.45) is 1.03. The number of amides is 3. The number of nitrogens with zero attached hydrogens (tertiary/aromatic N) is 1. The summed E-state index contributed by atoms with van der Waals surface area (Å²) in [5, 5.41) is 11.3. The number of hydrogen-bond acceptors (Lipinski definition) is 6. The predicted molar refractivity (Wildman–Crippen MR) is 98.0 cm³/mol. The average Bonchev–Trinajstić information content (AvgIpc) is 3.09. The Kier molecular flexibility index (Phi) is 6.23. The van der Waals surface area contributed by atoms with Crippen LogP contribution in [0.4, 0.5) is 5.00 Å². The zero-order valence-corrected chi connectivity index (χ0v) is 15.6. The number of carbonyl (C=O) groups excluding carboxylic acids is 3. The predicted octanol–water partition coefficient (Wildman–Crippen LogP) is 0.621. The number of thiophene rings is 1. The van der Waals surface area contributed by atoms with E-state index in [0.29, 0.717) is 56.3 Å². The molecule has 26 heavy (non-hydrogen) atoms. The number of hydrogen-bond donors (Lipinski definition) is 3. The lowest BCUT2D eigenvalue weighted by molar-refractivity contribution is -0.123. The van der Waals surface area contributed by atoms with E-state index >= 15 is 0 Å². The first-order chi connectivity index (χ1) is 12.5. The Bertz CT molecular complexity index is 671. The van der Waals surface area contributed by atoms with Crippen LogP contribution in [0.2, 0.25) is 0 Å². The molecule has 2 unspecified atom stereocenters. The zero-order valence-electron chi connectivity index (χ0n) is 14.7. The first-order valence-corrected chi connectivity index (χ1v) is 9.68. The van der Waals surface area contributed by atoms with Gasteiger partial charge in [-0.2, -0.15) is 0 Å². The lowest BCUT2D eigenvalue weighted by Crippen LogP contribution is -2.51. The maximum atomic E-state index is 12.7. The highest BCUT2D eigenvalue weighted by molar-refractivity contribution is 7.14. The fourth-order valence-corrected chi connectivity index (χ4v) is 4.02. The SMILES string of the molecule is CC(=O)NC1CC(C(=O)Nc2sccc2C(=O)N2CCOCC2)CCN1. The first-order valence-electron chi connectivity index (χ1n) is 8.80. The van der Waals surface area contributed by atoms with Crippen LogP contribution in [0, 0.1) is 5.92 Å². The highest BCUT2D eigenvalue weighted by atomic mass is 32.1. The summed E-state index contributed by atoms with van der Waals surface area (Å²) in [6.45, 7) is 4.32. The number of piperidine rings is 1. The van der Waals surface area contributed by atoms with Gasteiger partial charge in [0.2, 0.25) is 11.8 Å². The Morgan fingerprint density at radius 3 is 2.81 bits per heavy atom. The molecule has 3 heterocycles. The molecule has 1 aromatic rings. The Balaban J connectivity index is 1.62. The van der Waals surface area contributed by atoms with Crippen LogP contribution in [0.15, 0.2) is 11.4 Å². The Morgan fingerprint density at radius 1 is 1.31 bits per heavy atom. The van der Waals surface area contributed by atoms with Crippen molar-refractivity contribution >= 4 is 34.1 Å². The number of morpholine rings is 1. The molecule has 2 fully saturated rings. The minimum Gasteiger partial charge on any atom is -0.378 e. The van der Waals surface area contributed by atoms with Crippen molar-refractivity contribution in [2.75, 3.05) is 38.2 Å². The number of ether oxygens (including phenoxy) is 1. The third-order valence-electron chi connectivity index (χ3n) is 4.58. The molecule has 0 aromatic carbocycles. The molecule has 3 N–H and O–H groups in total. The normalized spacial score (nSPS) is 23.3. The Morgan fingerprint density at radius 2 is 2.08 bits per heavy atom. The summed E-state index contributed by atoms with van der Waals surface area (Å²) in [5.74, 6) is -0.520. The second-order valence-corrected chi connectivity index (χ2v) is 7.40. The van der Waals surface area contributed by atoms with Gasteiger partial charge in [0.15, 0.2) is 0 Å². The van der Waals surface area contributed by atoms with Crippen LogP contribution in [0.25, 0.3) is 0 Å². The summed E-state index contributed by atoms with van der Waals surface area (Å²) in [4.78, 5) is 38.3. The number of anilines is 1. The van der Waals surface area contributed by atoms with Gasteiger partial charge in [0.25, 0.3) is 5.91 Å². The van der Waals surface area contributed by atoms with E-state index in [1.807, 2.05) is 5.38 Å². The van der Waals surface area contributed by atoms with Crippen molar-refractivity contribution in [1.82, 2.24) is 15.5 Å². The van der Waals surface area contributed by atoms with E-state index in [1.165, 1.54) is 18.3 Å². The third kappa shape index (κ3) is 4.60. The molecule has 3 rings (SSSR count). The van der Waals surface area contributed by atoms with E-state index in [1.54, 1.807) is 11.0 Å². The summed E-state index contributed by atoms with van der Waals surface area (Å²) in [7, 11) is 0. The maximum Gasteiger partial charge on any atom is 0.257 e. The van der Waals surface area contributed by atoms with Crippen molar-refractivity contribution in [2.24, 2.45) is 5.92 Å². The van der Waals surface area contributed by atoms with Gasteiger partial charge in [0.1, 0.15) is 5.00 Å². The molecule has 0 radical (unpaired) electrons. The third-order valence-corrected chi connectivity index (χ3v) is 5.41. The summed E-state index contributed by atoms with van der Waals surface area (Å²) in [6, 6.07) is 1.75.